The number of hydrogen-bond donors (Lipinski definition) is 2. The number of carbonyl (C=O) groups excluding carboxylic acids is 1. The summed E-state index contributed by atoms with van der Waals surface area (Å²) in [5, 5.41) is 0. The molecule has 2 aromatic carbocycles. The van der Waals surface area contributed by atoms with Crippen molar-refractivity contribution in [2.45, 2.75) is 6.61 Å². The summed E-state index contributed by atoms with van der Waals surface area (Å²) in [5.74, 6) is -0.695. The van der Waals surface area contributed by atoms with E-state index in [0.29, 0.717) is 17.0 Å². The molecule has 0 aliphatic rings. The Morgan fingerprint density at radius 1 is 1.25 bits per heavy atom. The van der Waals surface area contributed by atoms with Gasteiger partial charge in [0.15, 0.2) is 0 Å². The zero-order chi connectivity index (χ0) is 14.7. The molecule has 0 fully saturated rings. The first kappa shape index (κ1) is 14.3. The highest BCUT2D eigenvalue weighted by molar-refractivity contribution is 9.10. The van der Waals surface area contributed by atoms with Crippen molar-refractivity contribution < 1.29 is 13.9 Å². The maximum atomic E-state index is 13.8. The number of amides is 1. The topological polar surface area (TPSA) is 78.3 Å². The maximum Gasteiger partial charge on any atom is 0.248 e. The summed E-state index contributed by atoms with van der Waals surface area (Å²) < 4.78 is 20.0. The molecule has 0 aliphatic carbocycles. The molecule has 0 aromatic heterocycles. The van der Waals surface area contributed by atoms with Crippen LogP contribution < -0.4 is 16.2 Å². The predicted octanol–water partition coefficient (Wildman–Crippen LogP) is 2.85. The van der Waals surface area contributed by atoms with E-state index in [0.717, 1.165) is 10.5 Å². The van der Waals surface area contributed by atoms with E-state index in [9.17, 15) is 9.18 Å². The monoisotopic (exact) mass is 338 g/mol. The van der Waals surface area contributed by atoms with Crippen LogP contribution in [-0.4, -0.2) is 5.91 Å². The molecule has 0 spiro atoms. The number of benzene rings is 2. The Morgan fingerprint density at radius 3 is 2.65 bits per heavy atom. The van der Waals surface area contributed by atoms with Crippen molar-refractivity contribution in [3.63, 3.8) is 0 Å². The van der Waals surface area contributed by atoms with E-state index in [1.54, 1.807) is 18.2 Å². The predicted molar refractivity (Wildman–Crippen MR) is 77.8 cm³/mol. The van der Waals surface area contributed by atoms with Crippen LogP contribution in [-0.2, 0) is 6.61 Å². The molecule has 2 aromatic rings. The zero-order valence-corrected chi connectivity index (χ0v) is 12.0. The van der Waals surface area contributed by atoms with Gasteiger partial charge in [0.25, 0.3) is 0 Å². The van der Waals surface area contributed by atoms with Gasteiger partial charge < -0.3 is 16.2 Å². The number of primary amides is 1. The van der Waals surface area contributed by atoms with Crippen molar-refractivity contribution in [2.75, 3.05) is 5.73 Å². The molecule has 0 saturated carbocycles. The minimum absolute atomic E-state index is 0.0208. The quantitative estimate of drug-likeness (QED) is 0.841. The number of ether oxygens (including phenoxy) is 1. The summed E-state index contributed by atoms with van der Waals surface area (Å²) in [6, 6.07) is 9.12. The highest BCUT2D eigenvalue weighted by Crippen LogP contribution is 2.28. The van der Waals surface area contributed by atoms with Gasteiger partial charge in [-0.15, -0.1) is 0 Å². The van der Waals surface area contributed by atoms with Crippen LogP contribution in [0.1, 0.15) is 15.9 Å². The summed E-state index contributed by atoms with van der Waals surface area (Å²) in [6.45, 7) is 0.0208. The van der Waals surface area contributed by atoms with Gasteiger partial charge in [0, 0.05) is 22.9 Å². The van der Waals surface area contributed by atoms with Gasteiger partial charge in [-0.2, -0.15) is 0 Å². The van der Waals surface area contributed by atoms with Gasteiger partial charge in [0.05, 0.1) is 4.47 Å². The van der Waals surface area contributed by atoms with Gasteiger partial charge in [-0.25, -0.2) is 4.39 Å². The van der Waals surface area contributed by atoms with E-state index in [1.165, 1.54) is 12.1 Å². The maximum absolute atomic E-state index is 13.8. The fourth-order valence-corrected chi connectivity index (χ4v) is 1.96. The Labute approximate surface area is 123 Å². The minimum atomic E-state index is -0.671. The molecule has 104 valence electrons. The van der Waals surface area contributed by atoms with Crippen molar-refractivity contribution in [2.24, 2.45) is 5.73 Å². The normalized spacial score (nSPS) is 10.3. The van der Waals surface area contributed by atoms with Crippen molar-refractivity contribution in [3.05, 3.63) is 57.8 Å². The zero-order valence-electron chi connectivity index (χ0n) is 10.4. The lowest BCUT2D eigenvalue weighted by Gasteiger charge is -2.10. The standard InChI is InChI=1S/C14H12BrFN2O2/c15-11-4-3-10(17)6-13(11)20-7-9-2-1-8(14(18)19)5-12(9)16/h1-6H,7,17H2,(H2,18,19). The van der Waals surface area contributed by atoms with Crippen LogP contribution in [0.25, 0.3) is 0 Å². The van der Waals surface area contributed by atoms with E-state index in [1.807, 2.05) is 0 Å². The minimum Gasteiger partial charge on any atom is -0.488 e. The fraction of sp³-hybridized carbons (Fsp3) is 0.0714. The average Bonchev–Trinajstić information content (AvgIpc) is 2.40. The smallest absolute Gasteiger partial charge is 0.248 e. The first-order chi connectivity index (χ1) is 9.47. The Hall–Kier alpha value is -2.08. The molecule has 4 nitrogen and oxygen atoms in total. The molecule has 0 bridgehead atoms. The lowest BCUT2D eigenvalue weighted by Crippen LogP contribution is -2.11. The largest absolute Gasteiger partial charge is 0.488 e. The Morgan fingerprint density at radius 2 is 2.00 bits per heavy atom. The van der Waals surface area contributed by atoms with Crippen molar-refractivity contribution in [1.82, 2.24) is 0 Å². The SMILES string of the molecule is NC(=O)c1ccc(COc2cc(N)ccc2Br)c(F)c1. The molecule has 0 aliphatic heterocycles. The number of nitrogens with two attached hydrogens (primary N) is 2. The summed E-state index contributed by atoms with van der Waals surface area (Å²) >= 11 is 3.32. The van der Waals surface area contributed by atoms with E-state index in [-0.39, 0.29) is 12.2 Å². The van der Waals surface area contributed by atoms with Gasteiger partial charge in [0.2, 0.25) is 5.91 Å². The molecule has 20 heavy (non-hydrogen) atoms. The third-order valence-electron chi connectivity index (χ3n) is 2.68. The molecule has 0 atom stereocenters. The van der Waals surface area contributed by atoms with Crippen molar-refractivity contribution in [1.29, 1.82) is 0 Å². The van der Waals surface area contributed by atoms with Crippen LogP contribution in [0.5, 0.6) is 5.75 Å². The Bertz CT molecular complexity index is 662. The molecule has 1 amide bonds. The summed E-state index contributed by atoms with van der Waals surface area (Å²) in [5.41, 5.74) is 11.7. The third-order valence-corrected chi connectivity index (χ3v) is 3.33. The van der Waals surface area contributed by atoms with Gasteiger partial charge in [0.1, 0.15) is 18.2 Å². The van der Waals surface area contributed by atoms with E-state index < -0.39 is 11.7 Å². The second-order valence-corrected chi connectivity index (χ2v) is 5.00. The van der Waals surface area contributed by atoms with E-state index in [2.05, 4.69) is 15.9 Å². The first-order valence-electron chi connectivity index (χ1n) is 5.73. The lowest BCUT2D eigenvalue weighted by molar-refractivity contribution is 0.0999. The van der Waals surface area contributed by atoms with Crippen LogP contribution in [0.4, 0.5) is 10.1 Å². The van der Waals surface area contributed by atoms with Gasteiger partial charge in [-0.1, -0.05) is 6.07 Å². The highest BCUT2D eigenvalue weighted by Gasteiger charge is 2.09. The molecule has 6 heteroatoms. The average molecular weight is 339 g/mol. The molecule has 0 unspecified atom stereocenters. The van der Waals surface area contributed by atoms with Gasteiger partial charge in [-0.3, -0.25) is 4.79 Å². The third kappa shape index (κ3) is 3.27. The van der Waals surface area contributed by atoms with Crippen molar-refractivity contribution >= 4 is 27.5 Å². The summed E-state index contributed by atoms with van der Waals surface area (Å²) in [6.07, 6.45) is 0. The fourth-order valence-electron chi connectivity index (χ4n) is 1.60. The molecule has 0 radical (unpaired) electrons. The van der Waals surface area contributed by atoms with Crippen LogP contribution in [0.15, 0.2) is 40.9 Å². The molecular formula is C14H12BrFN2O2. The molecule has 4 N–H and O–H groups in total. The lowest BCUT2D eigenvalue weighted by atomic mass is 10.1. The van der Waals surface area contributed by atoms with Crippen LogP contribution >= 0.6 is 15.9 Å². The van der Waals surface area contributed by atoms with Crippen LogP contribution in [0.2, 0.25) is 0 Å². The van der Waals surface area contributed by atoms with Crippen LogP contribution in [0.3, 0.4) is 0 Å². The van der Waals surface area contributed by atoms with E-state index in [4.69, 9.17) is 16.2 Å². The number of carbonyl (C=O) groups is 1. The summed E-state index contributed by atoms with van der Waals surface area (Å²) in [7, 11) is 0. The second kappa shape index (κ2) is 5.92. The number of halogens is 2. The Balaban J connectivity index is 2.15. The molecule has 0 saturated heterocycles. The number of nitrogen functional groups attached to an aromatic ring is 1. The number of rotatable bonds is 4. The molecule has 0 heterocycles. The van der Waals surface area contributed by atoms with Gasteiger partial charge >= 0.3 is 0 Å². The van der Waals surface area contributed by atoms with Gasteiger partial charge in [-0.05, 0) is 40.2 Å². The van der Waals surface area contributed by atoms with E-state index >= 15 is 0 Å². The first-order valence-corrected chi connectivity index (χ1v) is 6.52. The second-order valence-electron chi connectivity index (χ2n) is 4.15. The van der Waals surface area contributed by atoms with Crippen LogP contribution in [0, 0.1) is 5.82 Å². The number of anilines is 1. The molecular weight excluding hydrogens is 327 g/mol. The molecule has 2 rings (SSSR count). The number of hydrogen-bond acceptors (Lipinski definition) is 3. The highest BCUT2D eigenvalue weighted by atomic mass is 79.9. The van der Waals surface area contributed by atoms with Crippen molar-refractivity contribution in [3.8, 4) is 5.75 Å². The Kier molecular flexibility index (Phi) is 4.24. The summed E-state index contributed by atoms with van der Waals surface area (Å²) in [4.78, 5) is 10.9.